The first-order valence-electron chi connectivity index (χ1n) is 6.62. The molecule has 0 aliphatic carbocycles. The minimum atomic E-state index is -0.190. The molecule has 110 valence electrons. The number of rotatable bonds is 2. The number of hydrogen-bond donors (Lipinski definition) is 1. The van der Waals surface area contributed by atoms with Gasteiger partial charge in [-0.25, -0.2) is 4.98 Å². The van der Waals surface area contributed by atoms with Crippen LogP contribution in [0.15, 0.2) is 5.51 Å². The third-order valence-electron chi connectivity index (χ3n) is 3.57. The molecule has 20 heavy (non-hydrogen) atoms. The number of aromatic nitrogens is 1. The second-order valence-corrected chi connectivity index (χ2v) is 5.95. The lowest BCUT2D eigenvalue weighted by molar-refractivity contribution is -0.125. The van der Waals surface area contributed by atoms with E-state index in [9.17, 15) is 9.59 Å². The van der Waals surface area contributed by atoms with Crippen molar-refractivity contribution in [2.24, 2.45) is 5.92 Å². The van der Waals surface area contributed by atoms with Crippen LogP contribution in [0.25, 0.3) is 0 Å². The zero-order valence-electron chi connectivity index (χ0n) is 12.0. The average molecular weight is 296 g/mol. The molecule has 0 radical (unpaired) electrons. The van der Waals surface area contributed by atoms with Gasteiger partial charge >= 0.3 is 0 Å². The fourth-order valence-electron chi connectivity index (χ4n) is 2.38. The summed E-state index contributed by atoms with van der Waals surface area (Å²) in [6.07, 6.45) is 0. The summed E-state index contributed by atoms with van der Waals surface area (Å²) >= 11 is 1.36. The number of nitrogens with one attached hydrogen (secondary N) is 1. The van der Waals surface area contributed by atoms with Crippen molar-refractivity contribution >= 4 is 23.2 Å². The predicted molar refractivity (Wildman–Crippen MR) is 77.8 cm³/mol. The maximum atomic E-state index is 12.5. The SMILES string of the molecule is CNC(=O)[C@H]1CN(C)CCN(C(=O)c2scnc2C)C1. The Morgan fingerprint density at radius 3 is 2.75 bits per heavy atom. The number of amides is 2. The highest BCUT2D eigenvalue weighted by atomic mass is 32.1. The van der Waals surface area contributed by atoms with E-state index in [0.29, 0.717) is 24.5 Å². The molecule has 1 aliphatic heterocycles. The second-order valence-electron chi connectivity index (χ2n) is 5.09. The van der Waals surface area contributed by atoms with Crippen LogP contribution in [0.4, 0.5) is 0 Å². The van der Waals surface area contributed by atoms with Crippen LogP contribution in [0.3, 0.4) is 0 Å². The molecule has 1 aliphatic rings. The number of thiazole rings is 1. The summed E-state index contributed by atoms with van der Waals surface area (Å²) < 4.78 is 0. The van der Waals surface area contributed by atoms with Gasteiger partial charge in [-0.05, 0) is 14.0 Å². The lowest BCUT2D eigenvalue weighted by Crippen LogP contribution is -2.41. The van der Waals surface area contributed by atoms with Crippen molar-refractivity contribution in [3.05, 3.63) is 16.1 Å². The van der Waals surface area contributed by atoms with Crippen LogP contribution in [0.1, 0.15) is 15.4 Å². The number of carbonyl (C=O) groups excluding carboxylic acids is 2. The largest absolute Gasteiger partial charge is 0.359 e. The Morgan fingerprint density at radius 1 is 1.40 bits per heavy atom. The van der Waals surface area contributed by atoms with Gasteiger partial charge in [0, 0.05) is 33.2 Å². The Kier molecular flexibility index (Phi) is 4.72. The van der Waals surface area contributed by atoms with Crippen LogP contribution in [-0.4, -0.2) is 66.9 Å². The molecule has 1 saturated heterocycles. The maximum Gasteiger partial charge on any atom is 0.265 e. The van der Waals surface area contributed by atoms with Gasteiger partial charge in [0.1, 0.15) is 4.88 Å². The van der Waals surface area contributed by atoms with Gasteiger partial charge in [-0.3, -0.25) is 9.59 Å². The summed E-state index contributed by atoms with van der Waals surface area (Å²) in [6.45, 7) is 4.38. The Hall–Kier alpha value is -1.47. The average Bonchev–Trinajstić information content (AvgIpc) is 2.76. The topological polar surface area (TPSA) is 65.5 Å². The number of likely N-dealkylation sites (N-methyl/N-ethyl adjacent to an activating group) is 1. The lowest BCUT2D eigenvalue weighted by Gasteiger charge is -2.22. The van der Waals surface area contributed by atoms with Crippen LogP contribution in [0, 0.1) is 12.8 Å². The molecule has 0 aromatic carbocycles. The molecule has 1 aromatic heterocycles. The number of aryl methyl sites for hydroxylation is 1. The van der Waals surface area contributed by atoms with Crippen molar-refractivity contribution in [1.82, 2.24) is 20.1 Å². The van der Waals surface area contributed by atoms with E-state index in [1.54, 1.807) is 17.5 Å². The number of nitrogens with zero attached hydrogens (tertiary/aromatic N) is 3. The van der Waals surface area contributed by atoms with Crippen molar-refractivity contribution in [3.63, 3.8) is 0 Å². The molecule has 0 spiro atoms. The summed E-state index contributed by atoms with van der Waals surface area (Å²) in [5, 5.41) is 2.68. The van der Waals surface area contributed by atoms with Gasteiger partial charge in [0.2, 0.25) is 5.91 Å². The van der Waals surface area contributed by atoms with Gasteiger partial charge in [-0.2, -0.15) is 0 Å². The van der Waals surface area contributed by atoms with Crippen LogP contribution >= 0.6 is 11.3 Å². The molecular formula is C13H20N4O2S. The van der Waals surface area contributed by atoms with Crippen LogP contribution in [-0.2, 0) is 4.79 Å². The van der Waals surface area contributed by atoms with E-state index >= 15 is 0 Å². The molecule has 7 heteroatoms. The molecule has 1 fully saturated rings. The fraction of sp³-hybridized carbons (Fsp3) is 0.615. The molecule has 6 nitrogen and oxygen atoms in total. The van der Waals surface area contributed by atoms with E-state index in [4.69, 9.17) is 0 Å². The summed E-state index contributed by atoms with van der Waals surface area (Å²) in [4.78, 5) is 33.1. The first-order chi connectivity index (χ1) is 9.52. The number of hydrogen-bond acceptors (Lipinski definition) is 5. The third-order valence-corrected chi connectivity index (χ3v) is 4.49. The zero-order valence-corrected chi connectivity index (χ0v) is 12.9. The Morgan fingerprint density at radius 2 is 2.15 bits per heavy atom. The molecule has 1 aromatic rings. The third kappa shape index (κ3) is 3.16. The summed E-state index contributed by atoms with van der Waals surface area (Å²) in [6, 6.07) is 0. The predicted octanol–water partition coefficient (Wildman–Crippen LogP) is 0.201. The highest BCUT2D eigenvalue weighted by Gasteiger charge is 2.29. The van der Waals surface area contributed by atoms with E-state index in [1.807, 2.05) is 14.0 Å². The van der Waals surface area contributed by atoms with E-state index in [2.05, 4.69) is 15.2 Å². The second kappa shape index (κ2) is 6.32. The zero-order chi connectivity index (χ0) is 14.7. The summed E-state index contributed by atoms with van der Waals surface area (Å²) in [5.74, 6) is -0.226. The van der Waals surface area contributed by atoms with Crippen molar-refractivity contribution in [1.29, 1.82) is 0 Å². The maximum absolute atomic E-state index is 12.5. The van der Waals surface area contributed by atoms with Crippen LogP contribution in [0.2, 0.25) is 0 Å². The first-order valence-corrected chi connectivity index (χ1v) is 7.50. The van der Waals surface area contributed by atoms with Crippen molar-refractivity contribution < 1.29 is 9.59 Å². The molecular weight excluding hydrogens is 276 g/mol. The smallest absolute Gasteiger partial charge is 0.265 e. The standard InChI is InChI=1S/C13H20N4O2S/c1-9-11(20-8-15-9)13(19)17-5-4-16(3)6-10(7-17)12(18)14-2/h8,10H,4-7H2,1-3H3,(H,14,18)/t10-/m0/s1. The number of carbonyl (C=O) groups is 2. The Labute approximate surface area is 122 Å². The van der Waals surface area contributed by atoms with Crippen LogP contribution < -0.4 is 5.32 Å². The van der Waals surface area contributed by atoms with E-state index in [1.165, 1.54) is 11.3 Å². The van der Waals surface area contributed by atoms with E-state index in [-0.39, 0.29) is 17.7 Å². The Balaban J connectivity index is 2.16. The molecule has 2 amide bonds. The van der Waals surface area contributed by atoms with Gasteiger partial charge < -0.3 is 15.1 Å². The normalized spacial score (nSPS) is 20.6. The molecule has 1 N–H and O–H groups in total. The molecule has 0 unspecified atom stereocenters. The molecule has 2 rings (SSSR count). The van der Waals surface area contributed by atoms with E-state index in [0.717, 1.165) is 12.2 Å². The highest BCUT2D eigenvalue weighted by molar-refractivity contribution is 7.11. The van der Waals surface area contributed by atoms with Gasteiger partial charge in [-0.1, -0.05) is 0 Å². The molecule has 1 atom stereocenters. The minimum absolute atomic E-state index is 0.0161. The van der Waals surface area contributed by atoms with Gasteiger partial charge in [-0.15, -0.1) is 11.3 Å². The van der Waals surface area contributed by atoms with Gasteiger partial charge in [0.15, 0.2) is 0 Å². The Bertz CT molecular complexity index is 502. The van der Waals surface area contributed by atoms with Gasteiger partial charge in [0.05, 0.1) is 17.1 Å². The minimum Gasteiger partial charge on any atom is -0.359 e. The first kappa shape index (κ1) is 14.9. The van der Waals surface area contributed by atoms with Gasteiger partial charge in [0.25, 0.3) is 5.91 Å². The molecule has 2 heterocycles. The molecule has 0 bridgehead atoms. The monoisotopic (exact) mass is 296 g/mol. The fourth-order valence-corrected chi connectivity index (χ4v) is 3.15. The quantitative estimate of drug-likeness (QED) is 0.847. The van der Waals surface area contributed by atoms with Crippen molar-refractivity contribution in [2.75, 3.05) is 40.3 Å². The summed E-state index contributed by atoms with van der Waals surface area (Å²) in [5.41, 5.74) is 2.44. The molecule has 0 saturated carbocycles. The highest BCUT2D eigenvalue weighted by Crippen LogP contribution is 2.18. The lowest BCUT2D eigenvalue weighted by atomic mass is 10.1. The van der Waals surface area contributed by atoms with Crippen molar-refractivity contribution in [3.8, 4) is 0 Å². The summed E-state index contributed by atoms with van der Waals surface area (Å²) in [7, 11) is 3.61. The van der Waals surface area contributed by atoms with E-state index < -0.39 is 0 Å². The van der Waals surface area contributed by atoms with Crippen LogP contribution in [0.5, 0.6) is 0 Å². The van der Waals surface area contributed by atoms with Crippen molar-refractivity contribution in [2.45, 2.75) is 6.92 Å².